The minimum Gasteiger partial charge on any atom is -0.543 e. The van der Waals surface area contributed by atoms with Crippen LogP contribution in [-0.4, -0.2) is 21.1 Å². The normalized spacial score (nSPS) is 9.95. The Morgan fingerprint density at radius 3 is 1.23 bits per heavy atom. The molecule has 2 N–H and O–H groups in total. The number of carbonyl (C=O) groups is 2. The summed E-state index contributed by atoms with van der Waals surface area (Å²) in [7, 11) is 0. The molecule has 0 spiro atoms. The Morgan fingerprint density at radius 2 is 0.884 bits per heavy atom. The van der Waals surface area contributed by atoms with Crippen LogP contribution >= 0.6 is 0 Å². The molecule has 0 bridgehead atoms. The number of hydrogen-bond donors (Lipinski definition) is 2. The number of aliphatic carboxylic acids is 2. The second kappa shape index (κ2) is 15.5. The molecule has 0 aliphatic rings. The van der Waals surface area contributed by atoms with Crippen LogP contribution in [0.4, 0.5) is 11.4 Å². The number of carboxylic acids is 2. The molecule has 0 saturated carbocycles. The van der Waals surface area contributed by atoms with Gasteiger partial charge in [-0.15, -0.1) is 0 Å². The van der Waals surface area contributed by atoms with Crippen molar-refractivity contribution in [3.8, 4) is 0 Å². The SMILES string of the molecule is O=C([O-])C(=O)[O-].O=c1oc2ccccc2n1CNc1ccccc1.O=c1oc2ccccc2n1CNc1ccccc1.[Fe+2]. The predicted molar refractivity (Wildman–Crippen MR) is 151 cm³/mol. The van der Waals surface area contributed by atoms with Gasteiger partial charge < -0.3 is 39.3 Å². The van der Waals surface area contributed by atoms with Crippen LogP contribution in [0.1, 0.15) is 0 Å². The molecule has 13 heteroatoms. The number of anilines is 2. The van der Waals surface area contributed by atoms with Crippen LogP contribution in [0.25, 0.3) is 22.2 Å². The van der Waals surface area contributed by atoms with Crippen molar-refractivity contribution in [1.29, 1.82) is 0 Å². The first-order chi connectivity index (χ1) is 20.3. The molecule has 6 aromatic rings. The van der Waals surface area contributed by atoms with E-state index in [1.807, 2.05) is 97.1 Å². The predicted octanol–water partition coefficient (Wildman–Crippen LogP) is 1.81. The van der Waals surface area contributed by atoms with E-state index in [9.17, 15) is 9.59 Å². The van der Waals surface area contributed by atoms with Crippen molar-refractivity contribution in [1.82, 2.24) is 9.13 Å². The van der Waals surface area contributed by atoms with E-state index in [1.165, 1.54) is 0 Å². The number of oxazole rings is 2. The van der Waals surface area contributed by atoms with Gasteiger partial charge in [-0.05, 0) is 48.5 Å². The van der Waals surface area contributed by atoms with Gasteiger partial charge in [0.2, 0.25) is 0 Å². The maximum absolute atomic E-state index is 11.7. The second-order valence-electron chi connectivity index (χ2n) is 8.50. The zero-order valence-corrected chi connectivity index (χ0v) is 23.4. The number of rotatable bonds is 6. The van der Waals surface area contributed by atoms with E-state index in [-0.39, 0.29) is 28.6 Å². The van der Waals surface area contributed by atoms with E-state index in [1.54, 1.807) is 21.3 Å². The standard InChI is InChI=1S/2C14H12N2O2.C2H2O4.Fe/c2*17-14-16(10-15-11-6-2-1-3-7-11)12-8-4-5-9-13(12)18-14;3-1(4)2(5)6;/h2*1-9,15H,10H2;(H,3,4)(H,5,6);/q;;;+2/p-2. The molecule has 0 atom stereocenters. The number of carbonyl (C=O) groups excluding carboxylic acids is 2. The van der Waals surface area contributed by atoms with Gasteiger partial charge in [0.05, 0.1) is 36.3 Å². The molecule has 220 valence electrons. The first-order valence-corrected chi connectivity index (χ1v) is 12.5. The average Bonchev–Trinajstić information content (AvgIpc) is 3.51. The maximum Gasteiger partial charge on any atom is 2.00 e. The number of aromatic nitrogens is 2. The van der Waals surface area contributed by atoms with Crippen LogP contribution in [0.2, 0.25) is 0 Å². The fourth-order valence-electron chi connectivity index (χ4n) is 3.78. The van der Waals surface area contributed by atoms with Gasteiger partial charge in [-0.3, -0.25) is 9.13 Å². The Kier molecular flexibility index (Phi) is 11.5. The van der Waals surface area contributed by atoms with Gasteiger partial charge in [0.25, 0.3) is 0 Å². The van der Waals surface area contributed by atoms with Crippen molar-refractivity contribution >= 4 is 45.5 Å². The molecule has 2 aromatic heterocycles. The number of carboxylic acid groups (broad SMARTS) is 2. The summed E-state index contributed by atoms with van der Waals surface area (Å²) in [5, 5.41) is 24.2. The van der Waals surface area contributed by atoms with Gasteiger partial charge in [0.1, 0.15) is 0 Å². The van der Waals surface area contributed by atoms with Crippen LogP contribution in [0.3, 0.4) is 0 Å². The van der Waals surface area contributed by atoms with Gasteiger partial charge in [0.15, 0.2) is 11.2 Å². The molecule has 0 unspecified atom stereocenters. The summed E-state index contributed by atoms with van der Waals surface area (Å²) in [6.45, 7) is 0.777. The van der Waals surface area contributed by atoms with Crippen LogP contribution in [0.5, 0.6) is 0 Å². The fraction of sp³-hybridized carbons (Fsp3) is 0.0667. The van der Waals surface area contributed by atoms with E-state index < -0.39 is 11.9 Å². The summed E-state index contributed by atoms with van der Waals surface area (Å²) in [4.78, 5) is 41.3. The number of para-hydroxylation sites is 6. The average molecular weight is 624 g/mol. The molecule has 0 aliphatic carbocycles. The summed E-state index contributed by atoms with van der Waals surface area (Å²) >= 11 is 0. The largest absolute Gasteiger partial charge is 2.00 e. The topological polar surface area (TPSA) is 175 Å². The first-order valence-electron chi connectivity index (χ1n) is 12.5. The number of hydrogen-bond acceptors (Lipinski definition) is 10. The molecule has 12 nitrogen and oxygen atoms in total. The fourth-order valence-corrected chi connectivity index (χ4v) is 3.78. The Hall–Kier alpha value is -5.52. The molecule has 0 radical (unpaired) electrons. The zero-order valence-electron chi connectivity index (χ0n) is 22.3. The third-order valence-corrected chi connectivity index (χ3v) is 5.74. The molecule has 4 aromatic carbocycles. The Labute approximate surface area is 254 Å². The van der Waals surface area contributed by atoms with Gasteiger partial charge in [0, 0.05) is 11.4 Å². The summed E-state index contributed by atoms with van der Waals surface area (Å²) in [6, 6.07) is 34.3. The van der Waals surface area contributed by atoms with E-state index in [2.05, 4.69) is 10.6 Å². The number of fused-ring (bicyclic) bond motifs is 2. The van der Waals surface area contributed by atoms with Gasteiger partial charge in [-0.1, -0.05) is 60.7 Å². The van der Waals surface area contributed by atoms with Crippen molar-refractivity contribution in [2.24, 2.45) is 0 Å². The Bertz CT molecular complexity index is 1760. The van der Waals surface area contributed by atoms with Crippen molar-refractivity contribution in [3.63, 3.8) is 0 Å². The first kappa shape index (κ1) is 32.0. The minimum absolute atomic E-state index is 0. The number of nitrogens with zero attached hydrogens (tertiary/aromatic N) is 2. The second-order valence-corrected chi connectivity index (χ2v) is 8.50. The molecule has 2 heterocycles. The van der Waals surface area contributed by atoms with Gasteiger partial charge >= 0.3 is 28.6 Å². The minimum atomic E-state index is -2.19. The quantitative estimate of drug-likeness (QED) is 0.206. The van der Waals surface area contributed by atoms with E-state index in [0.717, 1.165) is 22.4 Å². The number of benzene rings is 4. The van der Waals surface area contributed by atoms with Crippen molar-refractivity contribution in [2.45, 2.75) is 13.3 Å². The number of nitrogens with one attached hydrogen (secondary N) is 2. The maximum atomic E-state index is 11.7. The summed E-state index contributed by atoms with van der Waals surface area (Å²) in [6.07, 6.45) is 0. The zero-order chi connectivity index (χ0) is 29.9. The van der Waals surface area contributed by atoms with Crippen molar-refractivity contribution in [2.75, 3.05) is 10.6 Å². The van der Waals surface area contributed by atoms with Gasteiger partial charge in [-0.25, -0.2) is 9.59 Å². The Balaban J connectivity index is 0.000000195. The van der Waals surface area contributed by atoms with Crippen LogP contribution in [0.15, 0.2) is 128 Å². The Morgan fingerprint density at radius 1 is 0.558 bits per heavy atom. The molecule has 6 rings (SSSR count). The molecule has 43 heavy (non-hydrogen) atoms. The molecule has 0 amide bonds. The molecule has 0 saturated heterocycles. The van der Waals surface area contributed by atoms with Gasteiger partial charge in [-0.2, -0.15) is 0 Å². The third kappa shape index (κ3) is 8.73. The molecule has 0 fully saturated rings. The molecular formula is C30H24FeN4O8. The van der Waals surface area contributed by atoms with E-state index in [4.69, 9.17) is 28.6 Å². The van der Waals surface area contributed by atoms with Crippen molar-refractivity contribution in [3.05, 3.63) is 130 Å². The monoisotopic (exact) mass is 624 g/mol. The molecular weight excluding hydrogens is 600 g/mol. The summed E-state index contributed by atoms with van der Waals surface area (Å²) in [5.41, 5.74) is 4.75. The molecule has 0 aliphatic heterocycles. The van der Waals surface area contributed by atoms with Crippen LogP contribution in [-0.2, 0) is 40.0 Å². The summed E-state index contributed by atoms with van der Waals surface area (Å²) < 4.78 is 13.5. The third-order valence-electron chi connectivity index (χ3n) is 5.74. The van der Waals surface area contributed by atoms with Crippen molar-refractivity contribution < 1.29 is 45.7 Å². The van der Waals surface area contributed by atoms with Crippen LogP contribution < -0.4 is 32.4 Å². The van der Waals surface area contributed by atoms with Crippen LogP contribution in [0, 0.1) is 0 Å². The summed E-state index contributed by atoms with van der Waals surface area (Å²) in [5.74, 6) is -5.07. The smallest absolute Gasteiger partial charge is 0.543 e. The van der Waals surface area contributed by atoms with E-state index in [0.29, 0.717) is 24.5 Å². The van der Waals surface area contributed by atoms with E-state index >= 15 is 0 Å².